The second kappa shape index (κ2) is 12.2. The normalized spacial score (nSPS) is 11.7. The molecule has 0 amide bonds. The third kappa shape index (κ3) is 6.92. The van der Waals surface area contributed by atoms with Gasteiger partial charge in [-0.3, -0.25) is 0 Å². The fourth-order valence-corrected chi connectivity index (χ4v) is 4.25. The molecule has 0 saturated carbocycles. The molecule has 0 aliphatic rings. The number of fused-ring (bicyclic) bond motifs is 1. The molecule has 3 aromatic carbocycles. The van der Waals surface area contributed by atoms with Gasteiger partial charge in [0.2, 0.25) is 5.82 Å². The molecule has 1 aromatic heterocycles. The number of nitrogens with one attached hydrogen (secondary N) is 1. The number of aliphatic hydroxyl groups is 1. The molecule has 4 rings (SSSR count). The minimum atomic E-state index is -0.501. The van der Waals surface area contributed by atoms with Gasteiger partial charge in [0.05, 0.1) is 6.10 Å². The first-order valence-corrected chi connectivity index (χ1v) is 11.7. The number of aromatic nitrogens is 4. The summed E-state index contributed by atoms with van der Waals surface area (Å²) in [5, 5.41) is 26.3. The largest absolute Gasteiger partial charge is 0.491 e. The summed E-state index contributed by atoms with van der Waals surface area (Å²) in [6.45, 7) is 2.60. The summed E-state index contributed by atoms with van der Waals surface area (Å²) in [6.07, 6.45) is 0.404. The standard InChI is InChI=1S/C24H26N4O3S.H2O/c1-17-8-10-20(11-9-17)30-14-19(29)16-32-13-12-18-4-2-6-22-21(18)5-3-7-23(22)31-15-24-25-27-28-26-24;/h2-11,19,29H,12-16H2,1H3,(H,25,26,27,28);1H2. The van der Waals surface area contributed by atoms with Gasteiger partial charge in [-0.1, -0.05) is 53.2 Å². The number of nitrogens with zero attached hydrogens (tertiary/aromatic N) is 3. The second-order valence-corrected chi connectivity index (χ2v) is 8.64. The van der Waals surface area contributed by atoms with Gasteiger partial charge in [-0.05, 0) is 48.2 Å². The fraction of sp³-hybridized carbons (Fsp3) is 0.292. The Hall–Kier alpha value is -3.14. The summed E-state index contributed by atoms with van der Waals surface area (Å²) in [7, 11) is 0. The Morgan fingerprint density at radius 1 is 1.00 bits per heavy atom. The van der Waals surface area contributed by atoms with E-state index >= 15 is 0 Å². The molecule has 33 heavy (non-hydrogen) atoms. The van der Waals surface area contributed by atoms with Crippen molar-refractivity contribution in [3.8, 4) is 11.5 Å². The van der Waals surface area contributed by atoms with Gasteiger partial charge < -0.3 is 20.1 Å². The Balaban J connectivity index is 0.00000306. The molecule has 4 aromatic rings. The molecule has 0 saturated heterocycles. The van der Waals surface area contributed by atoms with Crippen molar-refractivity contribution >= 4 is 22.5 Å². The lowest BCUT2D eigenvalue weighted by Crippen LogP contribution is -2.20. The number of aliphatic hydroxyl groups excluding tert-OH is 1. The molecule has 0 spiro atoms. The van der Waals surface area contributed by atoms with E-state index < -0.39 is 6.10 Å². The fourth-order valence-electron chi connectivity index (χ4n) is 3.35. The summed E-state index contributed by atoms with van der Waals surface area (Å²) in [4.78, 5) is 0. The number of hydrogen-bond acceptors (Lipinski definition) is 7. The van der Waals surface area contributed by atoms with Crippen molar-refractivity contribution in [1.82, 2.24) is 20.6 Å². The van der Waals surface area contributed by atoms with Gasteiger partial charge in [0.1, 0.15) is 18.1 Å². The summed E-state index contributed by atoms with van der Waals surface area (Å²) in [5.74, 6) is 3.64. The lowest BCUT2D eigenvalue weighted by molar-refractivity contribution is 0.126. The Morgan fingerprint density at radius 2 is 1.79 bits per heavy atom. The zero-order chi connectivity index (χ0) is 22.2. The summed E-state index contributed by atoms with van der Waals surface area (Å²) in [6, 6.07) is 20.2. The average molecular weight is 469 g/mol. The van der Waals surface area contributed by atoms with Crippen LogP contribution in [0.3, 0.4) is 0 Å². The first-order valence-electron chi connectivity index (χ1n) is 10.5. The number of ether oxygens (including phenoxy) is 2. The van der Waals surface area contributed by atoms with E-state index in [4.69, 9.17) is 9.47 Å². The zero-order valence-corrected chi connectivity index (χ0v) is 19.2. The van der Waals surface area contributed by atoms with Crippen LogP contribution in [0.5, 0.6) is 11.5 Å². The Morgan fingerprint density at radius 3 is 2.58 bits per heavy atom. The molecule has 4 N–H and O–H groups in total. The van der Waals surface area contributed by atoms with E-state index in [1.165, 1.54) is 16.5 Å². The van der Waals surface area contributed by atoms with Gasteiger partial charge in [0, 0.05) is 11.1 Å². The van der Waals surface area contributed by atoms with E-state index in [9.17, 15) is 5.11 Å². The van der Waals surface area contributed by atoms with Crippen molar-refractivity contribution < 1.29 is 20.1 Å². The number of thioether (sulfide) groups is 1. The van der Waals surface area contributed by atoms with E-state index in [2.05, 4.69) is 38.8 Å². The summed E-state index contributed by atoms with van der Waals surface area (Å²) < 4.78 is 11.6. The molecule has 1 heterocycles. The summed E-state index contributed by atoms with van der Waals surface area (Å²) in [5.41, 5.74) is 2.44. The highest BCUT2D eigenvalue weighted by atomic mass is 32.2. The van der Waals surface area contributed by atoms with Gasteiger partial charge in [0.25, 0.3) is 0 Å². The molecular formula is C24H28N4O4S. The van der Waals surface area contributed by atoms with E-state index in [-0.39, 0.29) is 12.1 Å². The smallest absolute Gasteiger partial charge is 0.211 e. The minimum Gasteiger partial charge on any atom is -0.491 e. The van der Waals surface area contributed by atoms with Crippen LogP contribution in [0.1, 0.15) is 17.0 Å². The Labute approximate surface area is 196 Å². The third-order valence-electron chi connectivity index (χ3n) is 5.01. The monoisotopic (exact) mass is 468 g/mol. The molecule has 1 atom stereocenters. The van der Waals surface area contributed by atoms with Gasteiger partial charge in [-0.25, -0.2) is 0 Å². The van der Waals surface area contributed by atoms with Crippen LogP contribution >= 0.6 is 11.8 Å². The van der Waals surface area contributed by atoms with Crippen LogP contribution < -0.4 is 9.47 Å². The van der Waals surface area contributed by atoms with Crippen LogP contribution in [0.15, 0.2) is 60.7 Å². The van der Waals surface area contributed by atoms with Gasteiger partial charge in [-0.15, -0.1) is 10.2 Å². The predicted molar refractivity (Wildman–Crippen MR) is 130 cm³/mol. The van der Waals surface area contributed by atoms with Gasteiger partial charge >= 0.3 is 0 Å². The molecule has 0 aliphatic carbocycles. The molecule has 0 aliphatic heterocycles. The van der Waals surface area contributed by atoms with Crippen LogP contribution in [0.4, 0.5) is 0 Å². The van der Waals surface area contributed by atoms with Crippen LogP contribution in [0.25, 0.3) is 10.8 Å². The summed E-state index contributed by atoms with van der Waals surface area (Å²) >= 11 is 1.73. The van der Waals surface area contributed by atoms with Crippen molar-refractivity contribution in [3.63, 3.8) is 0 Å². The van der Waals surface area contributed by atoms with Crippen LogP contribution in [-0.4, -0.2) is 55.4 Å². The molecule has 0 radical (unpaired) electrons. The highest BCUT2D eigenvalue weighted by molar-refractivity contribution is 7.99. The molecular weight excluding hydrogens is 440 g/mol. The number of tetrazole rings is 1. The van der Waals surface area contributed by atoms with Crippen molar-refractivity contribution in [2.45, 2.75) is 26.1 Å². The molecule has 1 unspecified atom stereocenters. The number of aryl methyl sites for hydroxylation is 2. The lowest BCUT2D eigenvalue weighted by Gasteiger charge is -2.13. The first-order chi connectivity index (χ1) is 15.7. The van der Waals surface area contributed by atoms with Gasteiger partial charge in [-0.2, -0.15) is 17.0 Å². The highest BCUT2D eigenvalue weighted by Crippen LogP contribution is 2.29. The van der Waals surface area contributed by atoms with E-state index in [1.54, 1.807) is 11.8 Å². The Kier molecular flexibility index (Phi) is 9.05. The maximum absolute atomic E-state index is 10.2. The molecule has 0 fully saturated rings. The van der Waals surface area contributed by atoms with Crippen LogP contribution in [0, 0.1) is 6.92 Å². The average Bonchev–Trinajstić information content (AvgIpc) is 3.34. The number of H-pyrrole nitrogens is 1. The van der Waals surface area contributed by atoms with E-state index in [0.717, 1.165) is 29.1 Å². The quantitative estimate of drug-likeness (QED) is 0.324. The van der Waals surface area contributed by atoms with E-state index in [1.807, 2.05) is 49.4 Å². The Bertz CT molecular complexity index is 1120. The number of aromatic amines is 1. The van der Waals surface area contributed by atoms with Crippen molar-refractivity contribution in [2.24, 2.45) is 0 Å². The lowest BCUT2D eigenvalue weighted by atomic mass is 10.0. The molecule has 9 heteroatoms. The minimum absolute atomic E-state index is 0. The van der Waals surface area contributed by atoms with Crippen LogP contribution in [0.2, 0.25) is 0 Å². The number of hydrogen-bond donors (Lipinski definition) is 2. The molecule has 0 bridgehead atoms. The maximum atomic E-state index is 10.2. The predicted octanol–water partition coefficient (Wildman–Crippen LogP) is 3.13. The second-order valence-electron chi connectivity index (χ2n) is 7.49. The number of benzene rings is 3. The van der Waals surface area contributed by atoms with E-state index in [0.29, 0.717) is 18.2 Å². The van der Waals surface area contributed by atoms with Crippen molar-refractivity contribution in [2.75, 3.05) is 18.1 Å². The van der Waals surface area contributed by atoms with Gasteiger partial charge in [0.15, 0.2) is 6.61 Å². The zero-order valence-electron chi connectivity index (χ0n) is 18.4. The number of rotatable bonds is 11. The first kappa shape index (κ1) is 24.5. The molecule has 8 nitrogen and oxygen atoms in total. The maximum Gasteiger partial charge on any atom is 0.211 e. The van der Waals surface area contributed by atoms with Crippen molar-refractivity contribution in [3.05, 3.63) is 77.6 Å². The molecule has 174 valence electrons. The topological polar surface area (TPSA) is 125 Å². The van der Waals surface area contributed by atoms with Crippen molar-refractivity contribution in [1.29, 1.82) is 0 Å². The highest BCUT2D eigenvalue weighted by Gasteiger charge is 2.09. The third-order valence-corrected chi connectivity index (χ3v) is 6.12. The SMILES string of the molecule is Cc1ccc(OCC(O)CSCCc2cccc3c(OCc4nn[nH]n4)cccc23)cc1.O. The van der Waals surface area contributed by atoms with Crippen LogP contribution in [-0.2, 0) is 13.0 Å².